The number of hydrogen-bond acceptors (Lipinski definition) is 3. The summed E-state index contributed by atoms with van der Waals surface area (Å²) in [6, 6.07) is 8.19. The van der Waals surface area contributed by atoms with Gasteiger partial charge >= 0.3 is 6.61 Å². The maximum atomic E-state index is 11.9. The van der Waals surface area contributed by atoms with E-state index in [2.05, 4.69) is 10.1 Å². The van der Waals surface area contributed by atoms with E-state index >= 15 is 0 Å². The molecule has 1 aromatic carbocycles. The van der Waals surface area contributed by atoms with Crippen molar-refractivity contribution in [3.05, 3.63) is 48.4 Å². The first kappa shape index (κ1) is 11.4. The van der Waals surface area contributed by atoms with Crippen LogP contribution in [0.15, 0.2) is 47.3 Å². The van der Waals surface area contributed by atoms with E-state index in [9.17, 15) is 8.78 Å². The zero-order valence-electron chi connectivity index (χ0n) is 8.90. The molecule has 0 aliphatic carbocycles. The second kappa shape index (κ2) is 5.34. The van der Waals surface area contributed by atoms with Crippen molar-refractivity contribution >= 4 is 5.69 Å². The Hall–Kier alpha value is -2.04. The summed E-state index contributed by atoms with van der Waals surface area (Å²) in [5, 5.41) is 3.12. The van der Waals surface area contributed by atoms with Crippen LogP contribution < -0.4 is 10.1 Å². The summed E-state index contributed by atoms with van der Waals surface area (Å²) in [6.45, 7) is -2.18. The van der Waals surface area contributed by atoms with Crippen molar-refractivity contribution in [1.29, 1.82) is 0 Å². The predicted molar refractivity (Wildman–Crippen MR) is 59.1 cm³/mol. The lowest BCUT2D eigenvalue weighted by Crippen LogP contribution is -2.02. The molecule has 0 aliphatic heterocycles. The molecular formula is C12H11F2NO2. The summed E-state index contributed by atoms with van der Waals surface area (Å²) in [4.78, 5) is 0. The highest BCUT2D eigenvalue weighted by Gasteiger charge is 2.03. The highest BCUT2D eigenvalue weighted by Crippen LogP contribution is 2.18. The largest absolute Gasteiger partial charge is 0.472 e. The van der Waals surface area contributed by atoms with Gasteiger partial charge in [0.15, 0.2) is 0 Å². The van der Waals surface area contributed by atoms with Gasteiger partial charge in [0.2, 0.25) is 0 Å². The van der Waals surface area contributed by atoms with Crippen LogP contribution in [-0.4, -0.2) is 6.61 Å². The van der Waals surface area contributed by atoms with Crippen LogP contribution in [0.5, 0.6) is 5.75 Å². The van der Waals surface area contributed by atoms with Gasteiger partial charge in [-0.15, -0.1) is 0 Å². The van der Waals surface area contributed by atoms with Gasteiger partial charge in [0, 0.05) is 17.8 Å². The molecule has 0 spiro atoms. The molecule has 0 unspecified atom stereocenters. The Morgan fingerprint density at radius 3 is 2.53 bits per heavy atom. The molecule has 0 saturated heterocycles. The number of rotatable bonds is 5. The van der Waals surface area contributed by atoms with Crippen molar-refractivity contribution in [2.75, 3.05) is 5.32 Å². The standard InChI is InChI=1S/C12H11F2NO2/c13-12(14)17-11-3-1-10(2-4-11)15-7-9-5-6-16-8-9/h1-6,8,12,15H,7H2. The lowest BCUT2D eigenvalue weighted by molar-refractivity contribution is -0.0498. The molecule has 0 fully saturated rings. The molecule has 17 heavy (non-hydrogen) atoms. The number of benzene rings is 1. The molecule has 0 bridgehead atoms. The molecule has 5 heteroatoms. The van der Waals surface area contributed by atoms with Crippen LogP contribution in [0.4, 0.5) is 14.5 Å². The van der Waals surface area contributed by atoms with Crippen LogP contribution >= 0.6 is 0 Å². The van der Waals surface area contributed by atoms with E-state index in [1.165, 1.54) is 12.1 Å². The number of hydrogen-bond donors (Lipinski definition) is 1. The van der Waals surface area contributed by atoms with Gasteiger partial charge in [-0.25, -0.2) is 0 Å². The van der Waals surface area contributed by atoms with Crippen molar-refractivity contribution in [2.45, 2.75) is 13.2 Å². The number of furan rings is 1. The minimum absolute atomic E-state index is 0.147. The minimum atomic E-state index is -2.79. The summed E-state index contributed by atoms with van der Waals surface area (Å²) in [5.41, 5.74) is 1.84. The van der Waals surface area contributed by atoms with E-state index in [4.69, 9.17) is 4.42 Å². The zero-order valence-corrected chi connectivity index (χ0v) is 8.90. The molecule has 1 heterocycles. The van der Waals surface area contributed by atoms with Crippen molar-refractivity contribution in [2.24, 2.45) is 0 Å². The van der Waals surface area contributed by atoms with Crippen molar-refractivity contribution in [1.82, 2.24) is 0 Å². The average molecular weight is 239 g/mol. The number of alkyl halides is 2. The number of anilines is 1. The maximum absolute atomic E-state index is 11.9. The monoisotopic (exact) mass is 239 g/mol. The second-order valence-electron chi connectivity index (χ2n) is 3.39. The molecule has 1 aromatic heterocycles. The lowest BCUT2D eigenvalue weighted by Gasteiger charge is -2.07. The van der Waals surface area contributed by atoms with Gasteiger partial charge in [-0.3, -0.25) is 0 Å². The molecule has 3 nitrogen and oxygen atoms in total. The Balaban J connectivity index is 1.89. The van der Waals surface area contributed by atoms with Gasteiger partial charge in [-0.2, -0.15) is 8.78 Å². The van der Waals surface area contributed by atoms with Gasteiger partial charge in [-0.1, -0.05) is 0 Å². The lowest BCUT2D eigenvalue weighted by atomic mass is 10.3. The highest BCUT2D eigenvalue weighted by atomic mass is 19.3. The Bertz CT molecular complexity index is 440. The summed E-state index contributed by atoms with van der Waals surface area (Å²) >= 11 is 0. The van der Waals surface area contributed by atoms with Crippen LogP contribution in [0, 0.1) is 0 Å². The fourth-order valence-corrected chi connectivity index (χ4v) is 1.35. The van der Waals surface area contributed by atoms with Crippen LogP contribution in [0.1, 0.15) is 5.56 Å². The minimum Gasteiger partial charge on any atom is -0.472 e. The average Bonchev–Trinajstić information content (AvgIpc) is 2.80. The van der Waals surface area contributed by atoms with Crippen molar-refractivity contribution in [3.63, 3.8) is 0 Å². The Kier molecular flexibility index (Phi) is 3.59. The van der Waals surface area contributed by atoms with E-state index in [0.29, 0.717) is 6.54 Å². The Labute approximate surface area is 97.0 Å². The molecule has 0 radical (unpaired) electrons. The molecule has 0 aliphatic rings. The Morgan fingerprint density at radius 1 is 1.18 bits per heavy atom. The van der Waals surface area contributed by atoms with Gasteiger partial charge in [0.1, 0.15) is 5.75 Å². The van der Waals surface area contributed by atoms with E-state index in [-0.39, 0.29) is 5.75 Å². The first-order valence-corrected chi connectivity index (χ1v) is 5.04. The predicted octanol–water partition coefficient (Wildman–Crippen LogP) is 3.49. The maximum Gasteiger partial charge on any atom is 0.387 e. The molecular weight excluding hydrogens is 228 g/mol. The van der Waals surface area contributed by atoms with E-state index in [1.807, 2.05) is 6.07 Å². The summed E-state index contributed by atoms with van der Waals surface area (Å²) in [5.74, 6) is 0.147. The van der Waals surface area contributed by atoms with Gasteiger partial charge < -0.3 is 14.5 Å². The SMILES string of the molecule is FC(F)Oc1ccc(NCc2ccoc2)cc1. The Morgan fingerprint density at radius 2 is 1.94 bits per heavy atom. The molecule has 0 atom stereocenters. The third kappa shape index (κ3) is 3.48. The molecule has 90 valence electrons. The second-order valence-corrected chi connectivity index (χ2v) is 3.39. The van der Waals surface area contributed by atoms with Crippen molar-refractivity contribution < 1.29 is 17.9 Å². The van der Waals surface area contributed by atoms with Crippen LogP contribution in [0.3, 0.4) is 0 Å². The fourth-order valence-electron chi connectivity index (χ4n) is 1.35. The van der Waals surface area contributed by atoms with E-state index in [1.54, 1.807) is 24.7 Å². The van der Waals surface area contributed by atoms with Gasteiger partial charge in [0.25, 0.3) is 0 Å². The van der Waals surface area contributed by atoms with Crippen LogP contribution in [0.2, 0.25) is 0 Å². The summed E-state index contributed by atoms with van der Waals surface area (Å²) < 4.78 is 33.0. The topological polar surface area (TPSA) is 34.4 Å². The normalized spacial score (nSPS) is 10.5. The van der Waals surface area contributed by atoms with E-state index in [0.717, 1.165) is 11.3 Å². The third-order valence-corrected chi connectivity index (χ3v) is 2.16. The number of nitrogens with one attached hydrogen (secondary N) is 1. The van der Waals surface area contributed by atoms with Crippen LogP contribution in [0.25, 0.3) is 0 Å². The zero-order chi connectivity index (χ0) is 12.1. The smallest absolute Gasteiger partial charge is 0.387 e. The molecule has 2 aromatic rings. The fraction of sp³-hybridized carbons (Fsp3) is 0.167. The quantitative estimate of drug-likeness (QED) is 0.867. The molecule has 0 amide bonds. The summed E-state index contributed by atoms with van der Waals surface area (Å²) in [6.07, 6.45) is 3.23. The summed E-state index contributed by atoms with van der Waals surface area (Å²) in [7, 11) is 0. The molecule has 1 N–H and O–H groups in total. The first-order valence-electron chi connectivity index (χ1n) is 5.04. The van der Waals surface area contributed by atoms with Crippen molar-refractivity contribution in [3.8, 4) is 5.75 Å². The third-order valence-electron chi connectivity index (χ3n) is 2.16. The highest BCUT2D eigenvalue weighted by molar-refractivity contribution is 5.46. The van der Waals surface area contributed by atoms with Crippen LogP contribution in [-0.2, 0) is 6.54 Å². The van der Waals surface area contributed by atoms with Gasteiger partial charge in [-0.05, 0) is 30.3 Å². The first-order chi connectivity index (χ1) is 8.24. The number of ether oxygens (including phenoxy) is 1. The van der Waals surface area contributed by atoms with Gasteiger partial charge in [0.05, 0.1) is 12.5 Å². The molecule has 0 saturated carbocycles. The number of halogens is 2. The van der Waals surface area contributed by atoms with E-state index < -0.39 is 6.61 Å². The molecule has 2 rings (SSSR count).